The van der Waals surface area contributed by atoms with Gasteiger partial charge in [0.15, 0.2) is 0 Å². The van der Waals surface area contributed by atoms with Crippen LogP contribution in [-0.2, 0) is 25.6 Å². The van der Waals surface area contributed by atoms with E-state index in [1.54, 1.807) is 6.92 Å². The molecule has 0 radical (unpaired) electrons. The highest BCUT2D eigenvalue weighted by Crippen LogP contribution is 2.12. The lowest BCUT2D eigenvalue weighted by molar-refractivity contribution is -0.170. The Kier molecular flexibility index (Phi) is 11.0. The molecule has 0 bridgehead atoms. The summed E-state index contributed by atoms with van der Waals surface area (Å²) in [6, 6.07) is 8.58. The Labute approximate surface area is 177 Å². The first-order chi connectivity index (χ1) is 14.3. The van der Waals surface area contributed by atoms with Crippen molar-refractivity contribution in [1.29, 1.82) is 5.41 Å². The Morgan fingerprint density at radius 2 is 1.80 bits per heavy atom. The number of carbonyl (C=O) groups is 3. The van der Waals surface area contributed by atoms with Crippen molar-refractivity contribution in [3.63, 3.8) is 0 Å². The second kappa shape index (κ2) is 13.2. The summed E-state index contributed by atoms with van der Waals surface area (Å²) in [5, 5.41) is 18.1. The number of likely N-dealkylation sites (N-methyl/N-ethyl adjacent to an activating group) is 1. The number of guanidine groups is 1. The number of carboxylic acid groups (broad SMARTS) is 1. The van der Waals surface area contributed by atoms with Crippen molar-refractivity contribution in [2.24, 2.45) is 0 Å². The molecule has 1 rings (SSSR count). The van der Waals surface area contributed by atoms with Gasteiger partial charge in [-0.2, -0.15) is 0 Å². The molecule has 0 aromatic heterocycles. The zero-order valence-electron chi connectivity index (χ0n) is 17.8. The molecule has 1 aromatic carbocycles. The molecule has 9 nitrogen and oxygen atoms in total. The van der Waals surface area contributed by atoms with E-state index in [2.05, 4.69) is 0 Å². The summed E-state index contributed by atoms with van der Waals surface area (Å²) in [4.78, 5) is 42.3. The van der Waals surface area contributed by atoms with E-state index in [1.165, 1.54) is 7.05 Å². The zero-order chi connectivity index (χ0) is 22.5. The van der Waals surface area contributed by atoms with Gasteiger partial charge in [0.05, 0.1) is 6.61 Å². The molecule has 0 fully saturated rings. The number of hydrogen-bond acceptors (Lipinski definition) is 6. The monoisotopic (exact) mass is 421 g/mol. The summed E-state index contributed by atoms with van der Waals surface area (Å²) in [5.74, 6) is -2.42. The van der Waals surface area contributed by atoms with E-state index >= 15 is 0 Å². The van der Waals surface area contributed by atoms with Crippen molar-refractivity contribution in [3.8, 4) is 0 Å². The fourth-order valence-electron chi connectivity index (χ4n) is 2.69. The van der Waals surface area contributed by atoms with Crippen LogP contribution in [-0.4, -0.2) is 58.8 Å². The van der Waals surface area contributed by atoms with Crippen LogP contribution in [0.25, 0.3) is 0 Å². The molecular formula is C21H31N3O6. The lowest BCUT2D eigenvalue weighted by Gasteiger charge is -2.31. The Hall–Kier alpha value is -3.10. The molecule has 166 valence electrons. The lowest BCUT2D eigenvalue weighted by Crippen LogP contribution is -2.52. The van der Waals surface area contributed by atoms with Crippen LogP contribution in [0.15, 0.2) is 30.3 Å². The molecule has 1 unspecified atom stereocenters. The van der Waals surface area contributed by atoms with Crippen molar-refractivity contribution in [2.45, 2.75) is 58.4 Å². The maximum Gasteiger partial charge on any atom is 0.451 e. The van der Waals surface area contributed by atoms with Crippen LogP contribution in [0.5, 0.6) is 0 Å². The standard InChI is InChI=1S/C21H31N3O6/c1-4-10-17(19(26)27)23(3)20(22)24(21(28)29-15-5-2)30-18(25)14-9-13-16-11-7-6-8-12-16/h6-8,11-12,17,22H,4-5,9-10,13-15H2,1-3H3,(H,26,27). The van der Waals surface area contributed by atoms with Gasteiger partial charge in [-0.05, 0) is 31.2 Å². The predicted octanol–water partition coefficient (Wildman–Crippen LogP) is 3.44. The number of carbonyl (C=O) groups excluding carboxylic acids is 2. The van der Waals surface area contributed by atoms with Crippen LogP contribution < -0.4 is 0 Å². The summed E-state index contributed by atoms with van der Waals surface area (Å²) >= 11 is 0. The van der Waals surface area contributed by atoms with E-state index in [0.29, 0.717) is 30.7 Å². The van der Waals surface area contributed by atoms with Crippen molar-refractivity contribution < 1.29 is 29.1 Å². The minimum Gasteiger partial charge on any atom is -0.480 e. The Bertz CT molecular complexity index is 710. The molecule has 9 heteroatoms. The maximum atomic E-state index is 12.3. The topological polar surface area (TPSA) is 120 Å². The summed E-state index contributed by atoms with van der Waals surface area (Å²) in [6.45, 7) is 3.69. The number of rotatable bonds is 10. The summed E-state index contributed by atoms with van der Waals surface area (Å²) in [6.07, 6.45) is 1.52. The molecule has 30 heavy (non-hydrogen) atoms. The number of aryl methyl sites for hydroxylation is 1. The number of nitrogens with zero attached hydrogens (tertiary/aromatic N) is 2. The summed E-state index contributed by atoms with van der Waals surface area (Å²) in [5.41, 5.74) is 1.07. The highest BCUT2D eigenvalue weighted by Gasteiger charge is 2.33. The largest absolute Gasteiger partial charge is 0.480 e. The van der Waals surface area contributed by atoms with Gasteiger partial charge in [-0.3, -0.25) is 5.41 Å². The SMILES string of the molecule is CCCOC(=O)N(OC(=O)CCCc1ccccc1)C(=N)N(C)C(CCC)C(=O)O. The summed E-state index contributed by atoms with van der Waals surface area (Å²) < 4.78 is 4.99. The first-order valence-electron chi connectivity index (χ1n) is 10.1. The second-order valence-corrected chi connectivity index (χ2v) is 6.79. The van der Waals surface area contributed by atoms with Crippen molar-refractivity contribution in [2.75, 3.05) is 13.7 Å². The molecule has 1 amide bonds. The van der Waals surface area contributed by atoms with Crippen LogP contribution >= 0.6 is 0 Å². The Morgan fingerprint density at radius 3 is 2.37 bits per heavy atom. The van der Waals surface area contributed by atoms with Gasteiger partial charge in [0.2, 0.25) is 5.96 Å². The minimum atomic E-state index is -1.14. The first kappa shape index (κ1) is 24.9. The molecule has 0 aliphatic carbocycles. The molecule has 0 aliphatic heterocycles. The van der Waals surface area contributed by atoms with E-state index < -0.39 is 30.0 Å². The first-order valence-corrected chi connectivity index (χ1v) is 10.1. The number of benzene rings is 1. The van der Waals surface area contributed by atoms with Gasteiger partial charge in [0, 0.05) is 13.5 Å². The maximum absolute atomic E-state index is 12.3. The number of aliphatic carboxylic acids is 1. The van der Waals surface area contributed by atoms with Crippen molar-refractivity contribution in [1.82, 2.24) is 9.96 Å². The van der Waals surface area contributed by atoms with E-state index in [9.17, 15) is 19.5 Å². The van der Waals surface area contributed by atoms with Gasteiger partial charge < -0.3 is 19.6 Å². The average Bonchev–Trinajstić information content (AvgIpc) is 2.73. The number of ether oxygens (including phenoxy) is 1. The van der Waals surface area contributed by atoms with Crippen LogP contribution in [0.4, 0.5) is 4.79 Å². The van der Waals surface area contributed by atoms with Crippen molar-refractivity contribution in [3.05, 3.63) is 35.9 Å². The molecule has 0 heterocycles. The van der Waals surface area contributed by atoms with Gasteiger partial charge in [0.25, 0.3) is 0 Å². The average molecular weight is 421 g/mol. The number of hydroxylamine groups is 2. The molecule has 0 aliphatic rings. The Balaban J connectivity index is 2.80. The van der Waals surface area contributed by atoms with Crippen LogP contribution in [0.1, 0.15) is 51.5 Å². The van der Waals surface area contributed by atoms with Crippen LogP contribution in [0, 0.1) is 5.41 Å². The molecule has 0 saturated heterocycles. The fourth-order valence-corrected chi connectivity index (χ4v) is 2.69. The Morgan fingerprint density at radius 1 is 1.13 bits per heavy atom. The third-order valence-corrected chi connectivity index (χ3v) is 4.32. The zero-order valence-corrected chi connectivity index (χ0v) is 17.8. The number of carboxylic acids is 1. The number of nitrogens with one attached hydrogen (secondary N) is 1. The van der Waals surface area contributed by atoms with Gasteiger partial charge in [-0.1, -0.05) is 55.7 Å². The highest BCUT2D eigenvalue weighted by atomic mass is 16.8. The minimum absolute atomic E-state index is 0.0285. The van der Waals surface area contributed by atoms with Gasteiger partial charge in [0.1, 0.15) is 6.04 Å². The van der Waals surface area contributed by atoms with Gasteiger partial charge >= 0.3 is 18.0 Å². The van der Waals surface area contributed by atoms with Gasteiger partial charge in [-0.15, -0.1) is 0 Å². The number of amides is 1. The fraction of sp³-hybridized carbons (Fsp3) is 0.524. The molecular weight excluding hydrogens is 390 g/mol. The normalized spacial score (nSPS) is 11.3. The van der Waals surface area contributed by atoms with E-state index in [4.69, 9.17) is 15.0 Å². The van der Waals surface area contributed by atoms with E-state index in [-0.39, 0.29) is 19.4 Å². The molecule has 0 saturated carbocycles. The molecule has 1 aromatic rings. The third-order valence-electron chi connectivity index (χ3n) is 4.32. The smallest absolute Gasteiger partial charge is 0.451 e. The highest BCUT2D eigenvalue weighted by molar-refractivity contribution is 5.94. The molecule has 2 N–H and O–H groups in total. The molecule has 0 spiro atoms. The predicted molar refractivity (Wildman–Crippen MR) is 111 cm³/mol. The van der Waals surface area contributed by atoms with Crippen molar-refractivity contribution >= 4 is 24.0 Å². The third kappa shape index (κ3) is 8.10. The van der Waals surface area contributed by atoms with E-state index in [0.717, 1.165) is 10.5 Å². The quantitative estimate of drug-likeness (QED) is 0.337. The lowest BCUT2D eigenvalue weighted by atomic mass is 10.1. The summed E-state index contributed by atoms with van der Waals surface area (Å²) in [7, 11) is 1.36. The number of hydrogen-bond donors (Lipinski definition) is 2. The second-order valence-electron chi connectivity index (χ2n) is 6.79. The van der Waals surface area contributed by atoms with Crippen LogP contribution in [0.3, 0.4) is 0 Å². The van der Waals surface area contributed by atoms with Crippen LogP contribution in [0.2, 0.25) is 0 Å². The van der Waals surface area contributed by atoms with E-state index in [1.807, 2.05) is 37.3 Å². The van der Waals surface area contributed by atoms with Gasteiger partial charge in [-0.25, -0.2) is 14.4 Å². The molecule has 1 atom stereocenters.